The van der Waals surface area contributed by atoms with Gasteiger partial charge < -0.3 is 15.0 Å². The Morgan fingerprint density at radius 1 is 1.14 bits per heavy atom. The van der Waals surface area contributed by atoms with Crippen LogP contribution in [0.2, 0.25) is 0 Å². The van der Waals surface area contributed by atoms with Crippen LogP contribution in [-0.4, -0.2) is 42.5 Å². The molecule has 1 saturated heterocycles. The molecule has 28 heavy (non-hydrogen) atoms. The maximum Gasteiger partial charge on any atom is 0.244 e. The standard InChI is InChI=1S/C23H26N2O3/c1-17-8-6-7-11-20(17)21-15-25(18(2)16-28-21)23(27)14-24-22(26)13-12-19-9-4-3-5-10-19/h3-13,18,21H,14-16H2,1-2H3,(H,24,26)/b13-12+. The summed E-state index contributed by atoms with van der Waals surface area (Å²) in [6.07, 6.45) is 3.03. The molecule has 1 N–H and O–H groups in total. The third kappa shape index (κ3) is 5.08. The third-order valence-electron chi connectivity index (χ3n) is 4.93. The van der Waals surface area contributed by atoms with Gasteiger partial charge in [-0.1, -0.05) is 54.6 Å². The lowest BCUT2D eigenvalue weighted by atomic mass is 10.0. The fourth-order valence-electron chi connectivity index (χ4n) is 3.30. The number of hydrogen-bond donors (Lipinski definition) is 1. The zero-order chi connectivity index (χ0) is 19.9. The molecule has 2 unspecified atom stereocenters. The molecule has 1 aliphatic rings. The van der Waals surface area contributed by atoms with Gasteiger partial charge in [-0.15, -0.1) is 0 Å². The van der Waals surface area contributed by atoms with Crippen molar-refractivity contribution < 1.29 is 14.3 Å². The second-order valence-electron chi connectivity index (χ2n) is 7.04. The van der Waals surface area contributed by atoms with E-state index in [1.807, 2.05) is 68.4 Å². The number of rotatable bonds is 5. The van der Waals surface area contributed by atoms with E-state index in [-0.39, 0.29) is 30.5 Å². The second-order valence-corrected chi connectivity index (χ2v) is 7.04. The van der Waals surface area contributed by atoms with Crippen LogP contribution in [0, 0.1) is 6.92 Å². The molecule has 2 aromatic carbocycles. The molecular formula is C23H26N2O3. The Labute approximate surface area is 166 Å². The number of hydrogen-bond acceptors (Lipinski definition) is 3. The van der Waals surface area contributed by atoms with Crippen LogP contribution in [0.1, 0.15) is 29.7 Å². The minimum atomic E-state index is -0.284. The van der Waals surface area contributed by atoms with Gasteiger partial charge in [0.15, 0.2) is 0 Å². The van der Waals surface area contributed by atoms with Crippen molar-refractivity contribution in [2.75, 3.05) is 19.7 Å². The van der Waals surface area contributed by atoms with E-state index in [0.717, 1.165) is 16.7 Å². The quantitative estimate of drug-likeness (QED) is 0.814. The molecule has 0 spiro atoms. The monoisotopic (exact) mass is 378 g/mol. The van der Waals surface area contributed by atoms with Gasteiger partial charge in [-0.05, 0) is 36.6 Å². The van der Waals surface area contributed by atoms with Crippen molar-refractivity contribution in [1.29, 1.82) is 0 Å². The number of nitrogens with zero attached hydrogens (tertiary/aromatic N) is 1. The fraction of sp³-hybridized carbons (Fsp3) is 0.304. The van der Waals surface area contributed by atoms with Crippen LogP contribution in [0.5, 0.6) is 0 Å². The highest BCUT2D eigenvalue weighted by Gasteiger charge is 2.30. The summed E-state index contributed by atoms with van der Waals surface area (Å²) in [4.78, 5) is 26.5. The summed E-state index contributed by atoms with van der Waals surface area (Å²) in [6, 6.07) is 17.6. The number of benzene rings is 2. The Hall–Kier alpha value is -2.92. The number of carbonyl (C=O) groups is 2. The van der Waals surface area contributed by atoms with Crippen molar-refractivity contribution in [3.05, 3.63) is 77.4 Å². The number of amides is 2. The molecule has 1 aliphatic heterocycles. The van der Waals surface area contributed by atoms with Crippen molar-refractivity contribution in [2.45, 2.75) is 26.0 Å². The molecule has 0 aromatic heterocycles. The Kier molecular flexibility index (Phi) is 6.61. The molecule has 0 saturated carbocycles. The SMILES string of the molecule is Cc1ccccc1C1CN(C(=O)CNC(=O)/C=C/c2ccccc2)C(C)CO1. The Morgan fingerprint density at radius 2 is 1.86 bits per heavy atom. The summed E-state index contributed by atoms with van der Waals surface area (Å²) in [5, 5.41) is 2.68. The van der Waals surface area contributed by atoms with Crippen LogP contribution in [0.25, 0.3) is 6.08 Å². The van der Waals surface area contributed by atoms with E-state index in [1.165, 1.54) is 6.08 Å². The molecule has 1 fully saturated rings. The third-order valence-corrected chi connectivity index (χ3v) is 4.93. The molecule has 2 amide bonds. The lowest BCUT2D eigenvalue weighted by Crippen LogP contribution is -2.51. The number of nitrogens with one attached hydrogen (secondary N) is 1. The lowest BCUT2D eigenvalue weighted by molar-refractivity contribution is -0.144. The maximum atomic E-state index is 12.7. The average molecular weight is 378 g/mol. The molecule has 0 aliphatic carbocycles. The van der Waals surface area contributed by atoms with Crippen LogP contribution in [-0.2, 0) is 14.3 Å². The van der Waals surface area contributed by atoms with Crippen LogP contribution in [0.15, 0.2) is 60.7 Å². The van der Waals surface area contributed by atoms with Crippen molar-refractivity contribution in [2.24, 2.45) is 0 Å². The van der Waals surface area contributed by atoms with Crippen LogP contribution in [0.4, 0.5) is 0 Å². The summed E-state index contributed by atoms with van der Waals surface area (Å²) in [5.41, 5.74) is 3.18. The summed E-state index contributed by atoms with van der Waals surface area (Å²) in [7, 11) is 0. The predicted molar refractivity (Wildman–Crippen MR) is 110 cm³/mol. The smallest absolute Gasteiger partial charge is 0.244 e. The van der Waals surface area contributed by atoms with Crippen LogP contribution in [0.3, 0.4) is 0 Å². The number of ether oxygens (including phenoxy) is 1. The predicted octanol–water partition coefficient (Wildman–Crippen LogP) is 3.11. The summed E-state index contributed by atoms with van der Waals surface area (Å²) in [5.74, 6) is -0.385. The van der Waals surface area contributed by atoms with E-state index in [2.05, 4.69) is 5.32 Å². The highest BCUT2D eigenvalue weighted by molar-refractivity contribution is 5.94. The van der Waals surface area contributed by atoms with E-state index in [0.29, 0.717) is 13.2 Å². The van der Waals surface area contributed by atoms with Crippen LogP contribution < -0.4 is 5.32 Å². The van der Waals surface area contributed by atoms with E-state index in [9.17, 15) is 9.59 Å². The van der Waals surface area contributed by atoms with Crippen molar-refractivity contribution in [3.63, 3.8) is 0 Å². The van der Waals surface area contributed by atoms with Crippen molar-refractivity contribution in [1.82, 2.24) is 10.2 Å². The Bertz CT molecular complexity index is 848. The van der Waals surface area contributed by atoms with Gasteiger partial charge in [0.2, 0.25) is 11.8 Å². The molecule has 2 atom stereocenters. The second kappa shape index (κ2) is 9.33. The first-order valence-corrected chi connectivity index (χ1v) is 9.52. The van der Waals surface area contributed by atoms with Crippen molar-refractivity contribution in [3.8, 4) is 0 Å². The topological polar surface area (TPSA) is 58.6 Å². The first-order valence-electron chi connectivity index (χ1n) is 9.52. The van der Waals surface area contributed by atoms with E-state index < -0.39 is 0 Å². The van der Waals surface area contributed by atoms with E-state index in [4.69, 9.17) is 4.74 Å². The van der Waals surface area contributed by atoms with Gasteiger partial charge in [0.25, 0.3) is 0 Å². The first kappa shape index (κ1) is 19.8. The Morgan fingerprint density at radius 3 is 2.61 bits per heavy atom. The molecular weight excluding hydrogens is 352 g/mol. The highest BCUT2D eigenvalue weighted by Crippen LogP contribution is 2.27. The molecule has 1 heterocycles. The van der Waals surface area contributed by atoms with Gasteiger partial charge in [-0.2, -0.15) is 0 Å². The van der Waals surface area contributed by atoms with E-state index in [1.54, 1.807) is 11.0 Å². The normalized spacial score (nSPS) is 19.6. The molecule has 0 radical (unpaired) electrons. The summed E-state index contributed by atoms with van der Waals surface area (Å²) >= 11 is 0. The highest BCUT2D eigenvalue weighted by atomic mass is 16.5. The van der Waals surface area contributed by atoms with Gasteiger partial charge in [-0.25, -0.2) is 0 Å². The minimum absolute atomic E-state index is 0.0236. The van der Waals surface area contributed by atoms with Crippen molar-refractivity contribution >= 4 is 17.9 Å². The van der Waals surface area contributed by atoms with Gasteiger partial charge in [0.1, 0.15) is 6.10 Å². The number of aryl methyl sites for hydroxylation is 1. The summed E-state index contributed by atoms with van der Waals surface area (Å²) < 4.78 is 5.96. The lowest BCUT2D eigenvalue weighted by Gasteiger charge is -2.38. The molecule has 0 bridgehead atoms. The van der Waals surface area contributed by atoms with Gasteiger partial charge in [0, 0.05) is 6.08 Å². The summed E-state index contributed by atoms with van der Waals surface area (Å²) in [6.45, 7) is 4.95. The molecule has 5 heteroatoms. The number of carbonyl (C=O) groups excluding carboxylic acids is 2. The fourth-order valence-corrected chi connectivity index (χ4v) is 3.30. The molecule has 5 nitrogen and oxygen atoms in total. The molecule has 2 aromatic rings. The Balaban J connectivity index is 1.56. The van der Waals surface area contributed by atoms with Gasteiger partial charge in [-0.3, -0.25) is 9.59 Å². The molecule has 146 valence electrons. The average Bonchev–Trinajstić information content (AvgIpc) is 2.72. The van der Waals surface area contributed by atoms with E-state index >= 15 is 0 Å². The minimum Gasteiger partial charge on any atom is -0.370 e. The van der Waals surface area contributed by atoms with Gasteiger partial charge >= 0.3 is 0 Å². The number of morpholine rings is 1. The maximum absolute atomic E-state index is 12.7. The van der Waals surface area contributed by atoms with Gasteiger partial charge in [0.05, 0.1) is 25.7 Å². The first-order chi connectivity index (χ1) is 13.5. The largest absolute Gasteiger partial charge is 0.370 e. The van der Waals surface area contributed by atoms with Crippen LogP contribution >= 0.6 is 0 Å². The molecule has 3 rings (SSSR count). The zero-order valence-corrected chi connectivity index (χ0v) is 16.3. The zero-order valence-electron chi connectivity index (χ0n) is 16.3.